The van der Waals surface area contributed by atoms with Crippen molar-refractivity contribution in [1.29, 1.82) is 5.26 Å². The summed E-state index contributed by atoms with van der Waals surface area (Å²) in [4.78, 5) is 4.37. The number of pyridine rings is 1. The van der Waals surface area contributed by atoms with E-state index in [4.69, 9.17) is 11.0 Å². The smallest absolute Gasteiger partial charge is 0.101 e. The summed E-state index contributed by atoms with van der Waals surface area (Å²) >= 11 is 0. The van der Waals surface area contributed by atoms with Crippen molar-refractivity contribution in [1.82, 2.24) is 4.98 Å². The summed E-state index contributed by atoms with van der Waals surface area (Å²) in [6, 6.07) is 11.5. The fourth-order valence-corrected chi connectivity index (χ4v) is 1.95. The van der Waals surface area contributed by atoms with Crippen LogP contribution >= 0.6 is 0 Å². The monoisotopic (exact) mass is 252 g/mol. The van der Waals surface area contributed by atoms with E-state index < -0.39 is 0 Å². The van der Waals surface area contributed by atoms with Crippen molar-refractivity contribution in [2.75, 3.05) is 11.1 Å². The average Bonchev–Trinajstić information content (AvgIpc) is 2.46. The molecule has 0 radical (unpaired) electrons. The second kappa shape index (κ2) is 5.87. The third-order valence-corrected chi connectivity index (χ3v) is 3.04. The quantitative estimate of drug-likeness (QED) is 0.820. The van der Waals surface area contributed by atoms with Crippen LogP contribution in [0.4, 0.5) is 11.4 Å². The van der Waals surface area contributed by atoms with Gasteiger partial charge in [-0.05, 0) is 30.2 Å². The molecule has 0 saturated carbocycles. The summed E-state index contributed by atoms with van der Waals surface area (Å²) in [5.74, 6) is 0. The molecule has 2 rings (SSSR count). The number of hydrogen-bond donors (Lipinski definition) is 2. The largest absolute Gasteiger partial charge is 0.396 e. The molecular weight excluding hydrogens is 236 g/mol. The van der Waals surface area contributed by atoms with Crippen LogP contribution in [0.15, 0.2) is 36.5 Å². The number of nitrogens with two attached hydrogens (primary N) is 1. The van der Waals surface area contributed by atoms with Gasteiger partial charge in [0.25, 0.3) is 0 Å². The van der Waals surface area contributed by atoms with Crippen LogP contribution < -0.4 is 11.1 Å². The van der Waals surface area contributed by atoms with E-state index in [1.807, 2.05) is 18.2 Å². The van der Waals surface area contributed by atoms with E-state index >= 15 is 0 Å². The molecule has 0 aliphatic rings. The first-order valence-electron chi connectivity index (χ1n) is 6.21. The van der Waals surface area contributed by atoms with E-state index in [9.17, 15) is 0 Å². The first-order valence-corrected chi connectivity index (χ1v) is 6.21. The van der Waals surface area contributed by atoms with E-state index in [0.717, 1.165) is 17.8 Å². The fraction of sp³-hybridized carbons (Fsp3) is 0.200. The second-order valence-electron chi connectivity index (χ2n) is 4.19. The maximum Gasteiger partial charge on any atom is 0.101 e. The van der Waals surface area contributed by atoms with E-state index in [1.165, 1.54) is 5.56 Å². The molecule has 96 valence electrons. The number of nitriles is 1. The summed E-state index contributed by atoms with van der Waals surface area (Å²) < 4.78 is 0. The number of nitrogens with one attached hydrogen (secondary N) is 1. The lowest BCUT2D eigenvalue weighted by Crippen LogP contribution is -2.07. The molecule has 2 aromatic rings. The topological polar surface area (TPSA) is 74.7 Å². The van der Waals surface area contributed by atoms with Crippen molar-refractivity contribution in [3.05, 3.63) is 53.3 Å². The van der Waals surface area contributed by atoms with Crippen LogP contribution in [0.3, 0.4) is 0 Å². The van der Waals surface area contributed by atoms with E-state index in [0.29, 0.717) is 17.8 Å². The lowest BCUT2D eigenvalue weighted by molar-refractivity contribution is 0.972. The number of rotatable bonds is 4. The molecule has 0 unspecified atom stereocenters. The zero-order valence-corrected chi connectivity index (χ0v) is 10.9. The number of nitrogen functional groups attached to an aromatic ring is 1. The molecule has 0 aliphatic heterocycles. The number of aryl methyl sites for hydroxylation is 1. The Hall–Kier alpha value is -2.54. The summed E-state index contributed by atoms with van der Waals surface area (Å²) in [5, 5.41) is 12.2. The Morgan fingerprint density at radius 1 is 1.32 bits per heavy atom. The van der Waals surface area contributed by atoms with Crippen molar-refractivity contribution in [2.24, 2.45) is 0 Å². The first kappa shape index (κ1) is 12.9. The highest BCUT2D eigenvalue weighted by Gasteiger charge is 2.05. The highest BCUT2D eigenvalue weighted by Crippen LogP contribution is 2.22. The van der Waals surface area contributed by atoms with Crippen LogP contribution in [0.5, 0.6) is 0 Å². The van der Waals surface area contributed by atoms with Gasteiger partial charge in [-0.1, -0.05) is 19.1 Å². The summed E-state index contributed by atoms with van der Waals surface area (Å²) in [7, 11) is 0. The van der Waals surface area contributed by atoms with Crippen LogP contribution in [0.25, 0.3) is 0 Å². The molecule has 0 bridgehead atoms. The Morgan fingerprint density at radius 2 is 2.16 bits per heavy atom. The highest BCUT2D eigenvalue weighted by atomic mass is 14.9. The lowest BCUT2D eigenvalue weighted by Gasteiger charge is -2.11. The minimum atomic E-state index is 0.485. The number of anilines is 2. The molecule has 0 atom stereocenters. The van der Waals surface area contributed by atoms with Gasteiger partial charge in [0.05, 0.1) is 29.2 Å². The third-order valence-electron chi connectivity index (χ3n) is 3.04. The Balaban J connectivity index is 2.17. The number of para-hydroxylation sites is 1. The van der Waals surface area contributed by atoms with Gasteiger partial charge in [0.15, 0.2) is 0 Å². The van der Waals surface area contributed by atoms with Gasteiger partial charge in [-0.3, -0.25) is 4.98 Å². The molecule has 0 spiro atoms. The molecule has 0 fully saturated rings. The number of hydrogen-bond acceptors (Lipinski definition) is 4. The zero-order chi connectivity index (χ0) is 13.7. The Morgan fingerprint density at radius 3 is 2.89 bits per heavy atom. The lowest BCUT2D eigenvalue weighted by atomic mass is 10.1. The molecule has 4 heteroatoms. The molecule has 0 amide bonds. The van der Waals surface area contributed by atoms with Gasteiger partial charge in [-0.15, -0.1) is 0 Å². The summed E-state index contributed by atoms with van der Waals surface area (Å²) in [6.45, 7) is 2.70. The predicted molar refractivity (Wildman–Crippen MR) is 76.5 cm³/mol. The maximum atomic E-state index is 8.94. The number of nitrogens with zero attached hydrogens (tertiary/aromatic N) is 2. The van der Waals surface area contributed by atoms with Crippen molar-refractivity contribution < 1.29 is 0 Å². The molecule has 0 aliphatic carbocycles. The minimum absolute atomic E-state index is 0.485. The number of benzene rings is 1. The van der Waals surface area contributed by atoms with Gasteiger partial charge in [0.2, 0.25) is 0 Å². The highest BCUT2D eigenvalue weighted by molar-refractivity contribution is 5.72. The van der Waals surface area contributed by atoms with Gasteiger partial charge in [-0.25, -0.2) is 0 Å². The SMILES string of the molecule is CCc1cccnc1CNc1cccc(C#N)c1N. The summed E-state index contributed by atoms with van der Waals surface area (Å²) in [6.07, 6.45) is 2.73. The molecule has 0 saturated heterocycles. The van der Waals surface area contributed by atoms with Crippen LogP contribution in [-0.4, -0.2) is 4.98 Å². The second-order valence-corrected chi connectivity index (χ2v) is 4.19. The van der Waals surface area contributed by atoms with Gasteiger partial charge < -0.3 is 11.1 Å². The van der Waals surface area contributed by atoms with Gasteiger partial charge in [0, 0.05) is 6.20 Å². The molecule has 3 N–H and O–H groups in total. The average molecular weight is 252 g/mol. The van der Waals surface area contributed by atoms with E-state index in [-0.39, 0.29) is 0 Å². The normalized spacial score (nSPS) is 9.89. The van der Waals surface area contributed by atoms with Gasteiger partial charge >= 0.3 is 0 Å². The Labute approximate surface area is 112 Å². The van der Waals surface area contributed by atoms with E-state index in [2.05, 4.69) is 29.4 Å². The van der Waals surface area contributed by atoms with Crippen LogP contribution in [0, 0.1) is 11.3 Å². The minimum Gasteiger partial charge on any atom is -0.396 e. The summed E-state index contributed by atoms with van der Waals surface area (Å²) in [5.41, 5.74) is 9.89. The van der Waals surface area contributed by atoms with Crippen molar-refractivity contribution >= 4 is 11.4 Å². The first-order chi connectivity index (χ1) is 9.26. The van der Waals surface area contributed by atoms with Crippen molar-refractivity contribution in [3.63, 3.8) is 0 Å². The molecular formula is C15H16N4. The molecule has 1 aromatic heterocycles. The van der Waals surface area contributed by atoms with Crippen molar-refractivity contribution in [2.45, 2.75) is 19.9 Å². The molecule has 19 heavy (non-hydrogen) atoms. The van der Waals surface area contributed by atoms with Crippen molar-refractivity contribution in [3.8, 4) is 6.07 Å². The maximum absolute atomic E-state index is 8.94. The zero-order valence-electron chi connectivity index (χ0n) is 10.9. The molecule has 4 nitrogen and oxygen atoms in total. The third kappa shape index (κ3) is 2.83. The van der Waals surface area contributed by atoms with Gasteiger partial charge in [-0.2, -0.15) is 5.26 Å². The number of aromatic nitrogens is 1. The molecule has 1 aromatic carbocycles. The van der Waals surface area contributed by atoms with Crippen LogP contribution in [0.2, 0.25) is 0 Å². The fourth-order valence-electron chi connectivity index (χ4n) is 1.95. The standard InChI is InChI=1S/C15H16N4/c1-2-11-6-4-8-18-14(11)10-19-13-7-3-5-12(9-16)15(13)17/h3-8,19H,2,10,17H2,1H3. The molecule has 1 heterocycles. The van der Waals surface area contributed by atoms with Crippen LogP contribution in [-0.2, 0) is 13.0 Å². The predicted octanol–water partition coefficient (Wildman–Crippen LogP) is 2.71. The van der Waals surface area contributed by atoms with Crippen LogP contribution in [0.1, 0.15) is 23.7 Å². The van der Waals surface area contributed by atoms with E-state index in [1.54, 1.807) is 12.3 Å². The Kier molecular flexibility index (Phi) is 3.99. The van der Waals surface area contributed by atoms with Gasteiger partial charge in [0.1, 0.15) is 6.07 Å². The Bertz CT molecular complexity index is 614.